The maximum Gasteiger partial charge on any atom is 0.232 e. The maximum absolute atomic E-state index is 11.9. The zero-order valence-electron chi connectivity index (χ0n) is 17.8. The van der Waals surface area contributed by atoms with Gasteiger partial charge in [-0.05, 0) is 42.7 Å². The van der Waals surface area contributed by atoms with Crippen LogP contribution in [0.1, 0.15) is 49.1 Å². The van der Waals surface area contributed by atoms with Crippen LogP contribution in [0.15, 0.2) is 60.8 Å². The van der Waals surface area contributed by atoms with Crippen molar-refractivity contribution in [2.24, 2.45) is 0 Å². The predicted octanol–water partition coefficient (Wildman–Crippen LogP) is 4.82. The summed E-state index contributed by atoms with van der Waals surface area (Å²) in [6.45, 7) is 7.58. The van der Waals surface area contributed by atoms with Crippen LogP contribution in [0.4, 0.5) is 5.95 Å². The molecule has 1 aliphatic rings. The van der Waals surface area contributed by atoms with E-state index in [9.17, 15) is 4.79 Å². The number of aryl methyl sites for hydroxylation is 1. The molecule has 1 aliphatic heterocycles. The fourth-order valence-corrected chi connectivity index (χ4v) is 3.72. The molecular formula is C25H27N3O2. The van der Waals surface area contributed by atoms with E-state index in [0.29, 0.717) is 25.5 Å². The van der Waals surface area contributed by atoms with Crippen LogP contribution < -0.4 is 9.64 Å². The summed E-state index contributed by atoms with van der Waals surface area (Å²) in [7, 11) is 0. The van der Waals surface area contributed by atoms with E-state index < -0.39 is 0 Å². The topological polar surface area (TPSA) is 55.3 Å². The van der Waals surface area contributed by atoms with E-state index >= 15 is 0 Å². The predicted molar refractivity (Wildman–Crippen MR) is 118 cm³/mol. The zero-order valence-corrected chi connectivity index (χ0v) is 17.8. The van der Waals surface area contributed by atoms with Crippen molar-refractivity contribution in [3.8, 4) is 5.75 Å². The summed E-state index contributed by atoms with van der Waals surface area (Å²) in [4.78, 5) is 22.3. The van der Waals surface area contributed by atoms with Crippen LogP contribution in [-0.4, -0.2) is 22.4 Å². The van der Waals surface area contributed by atoms with Crippen molar-refractivity contribution >= 4 is 11.9 Å². The summed E-state index contributed by atoms with van der Waals surface area (Å²) >= 11 is 0. The Bertz CT molecular complexity index is 1030. The molecule has 2 heterocycles. The molecule has 0 atom stereocenters. The SMILES string of the molecule is Cc1ccc(C(C)(C)c2ccc(OCc3ccnc(N4CCCC4=O)n3)cc2)cc1. The number of carbonyl (C=O) groups is 1. The van der Waals surface area contributed by atoms with E-state index in [-0.39, 0.29) is 11.3 Å². The number of hydrogen-bond acceptors (Lipinski definition) is 4. The molecule has 0 unspecified atom stereocenters. The summed E-state index contributed by atoms with van der Waals surface area (Å²) in [5.74, 6) is 1.34. The summed E-state index contributed by atoms with van der Waals surface area (Å²) in [5.41, 5.74) is 4.45. The van der Waals surface area contributed by atoms with Crippen molar-refractivity contribution < 1.29 is 9.53 Å². The number of anilines is 1. The van der Waals surface area contributed by atoms with E-state index in [4.69, 9.17) is 4.74 Å². The van der Waals surface area contributed by atoms with Crippen molar-refractivity contribution in [3.05, 3.63) is 83.2 Å². The molecule has 0 spiro atoms. The fourth-order valence-electron chi connectivity index (χ4n) is 3.72. The highest BCUT2D eigenvalue weighted by Crippen LogP contribution is 2.32. The molecule has 0 saturated carbocycles. The van der Waals surface area contributed by atoms with Gasteiger partial charge in [0.15, 0.2) is 0 Å². The van der Waals surface area contributed by atoms with Gasteiger partial charge in [0, 0.05) is 24.6 Å². The highest BCUT2D eigenvalue weighted by molar-refractivity contribution is 5.93. The van der Waals surface area contributed by atoms with E-state index in [0.717, 1.165) is 17.9 Å². The summed E-state index contributed by atoms with van der Waals surface area (Å²) in [6.07, 6.45) is 3.10. The molecule has 1 amide bonds. The van der Waals surface area contributed by atoms with Gasteiger partial charge in [-0.3, -0.25) is 9.69 Å². The molecule has 2 aromatic carbocycles. The van der Waals surface area contributed by atoms with Crippen molar-refractivity contribution in [2.45, 2.75) is 45.6 Å². The fraction of sp³-hybridized carbons (Fsp3) is 0.320. The lowest BCUT2D eigenvalue weighted by Crippen LogP contribution is -2.26. The molecule has 4 rings (SSSR count). The van der Waals surface area contributed by atoms with Crippen molar-refractivity contribution in [2.75, 3.05) is 11.4 Å². The number of rotatable bonds is 6. The molecule has 0 N–H and O–H groups in total. The van der Waals surface area contributed by atoms with Gasteiger partial charge in [0.25, 0.3) is 0 Å². The van der Waals surface area contributed by atoms with Crippen LogP contribution in [0.5, 0.6) is 5.75 Å². The van der Waals surface area contributed by atoms with Crippen molar-refractivity contribution in [3.63, 3.8) is 0 Å². The third-order valence-electron chi connectivity index (χ3n) is 5.75. The zero-order chi connectivity index (χ0) is 21.1. The first-order valence-corrected chi connectivity index (χ1v) is 10.4. The van der Waals surface area contributed by atoms with Gasteiger partial charge < -0.3 is 4.74 Å². The molecule has 0 aliphatic carbocycles. The van der Waals surface area contributed by atoms with Crippen LogP contribution in [0.25, 0.3) is 0 Å². The summed E-state index contributed by atoms with van der Waals surface area (Å²) in [6, 6.07) is 18.7. The smallest absolute Gasteiger partial charge is 0.232 e. The minimum Gasteiger partial charge on any atom is -0.487 e. The van der Waals surface area contributed by atoms with Gasteiger partial charge in [-0.15, -0.1) is 0 Å². The molecule has 154 valence electrons. The minimum absolute atomic E-state index is 0.0832. The lowest BCUT2D eigenvalue weighted by Gasteiger charge is -2.26. The molecule has 1 fully saturated rings. The minimum atomic E-state index is -0.0872. The number of aromatic nitrogens is 2. The van der Waals surface area contributed by atoms with Crippen molar-refractivity contribution in [1.82, 2.24) is 9.97 Å². The molecule has 1 aromatic heterocycles. The molecule has 1 saturated heterocycles. The van der Waals surface area contributed by atoms with Gasteiger partial charge >= 0.3 is 0 Å². The van der Waals surface area contributed by atoms with E-state index in [1.165, 1.54) is 16.7 Å². The molecule has 0 bridgehead atoms. The average molecular weight is 402 g/mol. The number of amides is 1. The Balaban J connectivity index is 1.43. The van der Waals surface area contributed by atoms with E-state index in [2.05, 4.69) is 67.1 Å². The average Bonchev–Trinajstić information content (AvgIpc) is 3.19. The number of carbonyl (C=O) groups excluding carboxylic acids is 1. The maximum atomic E-state index is 11.9. The lowest BCUT2D eigenvalue weighted by molar-refractivity contribution is -0.117. The first kappa shape index (κ1) is 20.1. The molecule has 30 heavy (non-hydrogen) atoms. The van der Waals surface area contributed by atoms with Gasteiger partial charge in [-0.2, -0.15) is 0 Å². The first-order valence-electron chi connectivity index (χ1n) is 10.4. The van der Waals surface area contributed by atoms with E-state index in [1.54, 1.807) is 11.1 Å². The second-order valence-corrected chi connectivity index (χ2v) is 8.30. The van der Waals surface area contributed by atoms with Crippen LogP contribution in [-0.2, 0) is 16.8 Å². The Morgan fingerprint density at radius 1 is 1.00 bits per heavy atom. The third-order valence-corrected chi connectivity index (χ3v) is 5.75. The summed E-state index contributed by atoms with van der Waals surface area (Å²) in [5, 5.41) is 0. The van der Waals surface area contributed by atoms with Crippen LogP contribution in [0, 0.1) is 6.92 Å². The highest BCUT2D eigenvalue weighted by atomic mass is 16.5. The Labute approximate surface area is 177 Å². The normalized spacial score (nSPS) is 14.2. The van der Waals surface area contributed by atoms with Crippen LogP contribution in [0.3, 0.4) is 0 Å². The van der Waals surface area contributed by atoms with Gasteiger partial charge in [0.2, 0.25) is 11.9 Å². The third kappa shape index (κ3) is 4.20. The highest BCUT2D eigenvalue weighted by Gasteiger charge is 2.24. The number of hydrogen-bond donors (Lipinski definition) is 0. The quantitative estimate of drug-likeness (QED) is 0.594. The largest absolute Gasteiger partial charge is 0.487 e. The second kappa shape index (κ2) is 8.27. The molecule has 5 nitrogen and oxygen atoms in total. The van der Waals surface area contributed by atoms with Gasteiger partial charge in [0.1, 0.15) is 12.4 Å². The monoisotopic (exact) mass is 401 g/mol. The molecule has 5 heteroatoms. The number of nitrogens with zero attached hydrogens (tertiary/aromatic N) is 3. The Kier molecular flexibility index (Phi) is 5.53. The second-order valence-electron chi connectivity index (χ2n) is 8.30. The van der Waals surface area contributed by atoms with Crippen LogP contribution >= 0.6 is 0 Å². The molecule has 3 aromatic rings. The van der Waals surface area contributed by atoms with Gasteiger partial charge in [-0.1, -0.05) is 55.8 Å². The molecular weight excluding hydrogens is 374 g/mol. The first-order chi connectivity index (χ1) is 14.4. The number of benzene rings is 2. The standard InChI is InChI=1S/C25H27N3O2/c1-18-6-8-19(9-7-18)25(2,3)20-10-12-22(13-11-20)30-17-21-14-15-26-24(27-21)28-16-4-5-23(28)29/h6-15H,4-5,16-17H2,1-3H3. The number of ether oxygens (including phenoxy) is 1. The Morgan fingerprint density at radius 2 is 1.67 bits per heavy atom. The van der Waals surface area contributed by atoms with Gasteiger partial charge in [-0.25, -0.2) is 9.97 Å². The van der Waals surface area contributed by atoms with Crippen LogP contribution in [0.2, 0.25) is 0 Å². The van der Waals surface area contributed by atoms with Gasteiger partial charge in [0.05, 0.1) is 5.69 Å². The molecule has 0 radical (unpaired) electrons. The Hall–Kier alpha value is -3.21. The Morgan fingerprint density at radius 3 is 2.30 bits per heavy atom. The lowest BCUT2D eigenvalue weighted by atomic mass is 9.78. The van der Waals surface area contributed by atoms with Crippen molar-refractivity contribution in [1.29, 1.82) is 0 Å². The van der Waals surface area contributed by atoms with E-state index in [1.807, 2.05) is 18.2 Å². The summed E-state index contributed by atoms with van der Waals surface area (Å²) < 4.78 is 5.93.